The summed E-state index contributed by atoms with van der Waals surface area (Å²) < 4.78 is 40.2. The molecule has 0 saturated heterocycles. The second-order valence-corrected chi connectivity index (χ2v) is 7.18. The van der Waals surface area contributed by atoms with Crippen molar-refractivity contribution in [3.8, 4) is 11.1 Å². The number of hydrogen-bond donors (Lipinski definition) is 0. The summed E-state index contributed by atoms with van der Waals surface area (Å²) in [5.41, 5.74) is 3.10. The third-order valence-electron chi connectivity index (χ3n) is 4.36. The number of anilines is 1. The molecule has 2 nitrogen and oxygen atoms in total. The van der Waals surface area contributed by atoms with Gasteiger partial charge in [-0.3, -0.25) is 0 Å². The zero-order valence-corrected chi connectivity index (χ0v) is 13.3. The number of halogens is 3. The number of benzene rings is 1. The molecule has 1 aliphatic heterocycles. The van der Waals surface area contributed by atoms with Gasteiger partial charge in [0.05, 0.1) is 11.6 Å². The highest BCUT2D eigenvalue weighted by atomic mass is 32.2. The Balaban J connectivity index is 1.61. The zero-order chi connectivity index (χ0) is 16.2. The van der Waals surface area contributed by atoms with Crippen molar-refractivity contribution >= 4 is 17.4 Å². The van der Waals surface area contributed by atoms with Crippen molar-refractivity contribution in [1.82, 2.24) is 4.98 Å². The fourth-order valence-electron chi connectivity index (χ4n) is 2.92. The number of rotatable bonds is 3. The quantitative estimate of drug-likeness (QED) is 0.755. The van der Waals surface area contributed by atoms with E-state index in [2.05, 4.69) is 4.98 Å². The van der Waals surface area contributed by atoms with Gasteiger partial charge >= 0.3 is 0 Å². The Morgan fingerprint density at radius 2 is 2.13 bits per heavy atom. The van der Waals surface area contributed by atoms with Gasteiger partial charge in [-0.25, -0.2) is 13.8 Å². The Hall–Kier alpha value is -1.69. The fraction of sp³-hybridized carbons (Fsp3) is 0.353. The number of alkyl halides is 2. The predicted octanol–water partition coefficient (Wildman–Crippen LogP) is 4.72. The molecule has 1 aliphatic carbocycles. The van der Waals surface area contributed by atoms with Gasteiger partial charge in [0.15, 0.2) is 0 Å². The minimum atomic E-state index is -2.50. The molecule has 2 aromatic rings. The van der Waals surface area contributed by atoms with Gasteiger partial charge in [-0.1, -0.05) is 6.07 Å². The van der Waals surface area contributed by atoms with E-state index >= 15 is 0 Å². The van der Waals surface area contributed by atoms with Crippen molar-refractivity contribution in [2.45, 2.75) is 24.2 Å². The van der Waals surface area contributed by atoms with Crippen LogP contribution in [0.4, 0.5) is 18.9 Å². The predicted molar refractivity (Wildman–Crippen MR) is 85.5 cm³/mol. The Morgan fingerprint density at radius 1 is 1.35 bits per heavy atom. The molecule has 0 spiro atoms. The van der Waals surface area contributed by atoms with Gasteiger partial charge in [-0.05, 0) is 36.2 Å². The van der Waals surface area contributed by atoms with Crippen LogP contribution in [0.15, 0.2) is 35.4 Å². The van der Waals surface area contributed by atoms with Crippen LogP contribution in [0, 0.1) is 18.8 Å². The maximum absolute atomic E-state index is 13.9. The molecule has 0 amide bonds. The zero-order valence-electron chi connectivity index (χ0n) is 12.5. The van der Waals surface area contributed by atoms with E-state index in [1.54, 1.807) is 17.8 Å². The molecule has 4 rings (SSSR count). The van der Waals surface area contributed by atoms with E-state index in [1.165, 1.54) is 6.20 Å². The highest BCUT2D eigenvalue weighted by Crippen LogP contribution is 2.51. The maximum Gasteiger partial charge on any atom is 0.253 e. The van der Waals surface area contributed by atoms with Gasteiger partial charge in [0, 0.05) is 35.5 Å². The summed E-state index contributed by atoms with van der Waals surface area (Å²) in [6.45, 7) is 2.25. The number of nitrogens with zero attached hydrogens (tertiary/aromatic N) is 2. The fourth-order valence-corrected chi connectivity index (χ4v) is 4.01. The van der Waals surface area contributed by atoms with E-state index in [0.29, 0.717) is 18.0 Å². The lowest BCUT2D eigenvalue weighted by atomic mass is 10.1. The molecule has 6 heteroatoms. The number of aryl methyl sites for hydroxylation is 1. The van der Waals surface area contributed by atoms with E-state index < -0.39 is 17.8 Å². The lowest BCUT2D eigenvalue weighted by Crippen LogP contribution is -2.23. The number of hydrogen-bond acceptors (Lipinski definition) is 3. The second kappa shape index (κ2) is 5.16. The maximum atomic E-state index is 13.9. The molecule has 23 heavy (non-hydrogen) atoms. The normalized spacial score (nSPS) is 21.4. The van der Waals surface area contributed by atoms with Gasteiger partial charge in [0.25, 0.3) is 5.92 Å². The second-order valence-electron chi connectivity index (χ2n) is 6.19. The molecule has 1 fully saturated rings. The van der Waals surface area contributed by atoms with Gasteiger partial charge in [0.1, 0.15) is 0 Å². The van der Waals surface area contributed by atoms with E-state index in [-0.39, 0.29) is 6.42 Å². The third kappa shape index (κ3) is 2.69. The van der Waals surface area contributed by atoms with Gasteiger partial charge in [-0.15, -0.1) is 11.8 Å². The molecule has 0 N–H and O–H groups in total. The lowest BCUT2D eigenvalue weighted by Gasteiger charge is -2.18. The Bertz CT molecular complexity index is 778. The first-order chi connectivity index (χ1) is 10.9. The number of fused-ring (bicyclic) bond motifs is 1. The standard InChI is InChI=1S/C17H15F3N2S/c1-10-4-13(16(18)21-7-10)11-2-3-14-15(5-11)23-9-22(14)8-12-6-17(12,19)20/h2-5,7,12H,6,8-9H2,1H3. The van der Waals surface area contributed by atoms with Crippen LogP contribution in [0.3, 0.4) is 0 Å². The molecule has 1 aromatic heterocycles. The SMILES string of the molecule is Cc1cnc(F)c(-c2ccc3c(c2)SCN3CC2CC2(F)F)c1. The van der Waals surface area contributed by atoms with E-state index in [1.807, 2.05) is 30.0 Å². The van der Waals surface area contributed by atoms with Crippen LogP contribution in [0.5, 0.6) is 0 Å². The summed E-state index contributed by atoms with van der Waals surface area (Å²) in [5.74, 6) is -2.86. The van der Waals surface area contributed by atoms with Crippen molar-refractivity contribution in [3.05, 3.63) is 42.0 Å². The molecule has 120 valence electrons. The highest BCUT2D eigenvalue weighted by molar-refractivity contribution is 7.99. The van der Waals surface area contributed by atoms with Crippen LogP contribution in [0.25, 0.3) is 11.1 Å². The molecule has 1 saturated carbocycles. The minimum Gasteiger partial charge on any atom is -0.361 e. The lowest BCUT2D eigenvalue weighted by molar-refractivity contribution is 0.100. The van der Waals surface area contributed by atoms with E-state index in [0.717, 1.165) is 21.7 Å². The highest BCUT2D eigenvalue weighted by Gasteiger charge is 2.57. The van der Waals surface area contributed by atoms with Crippen molar-refractivity contribution in [2.24, 2.45) is 5.92 Å². The average molecular weight is 336 g/mol. The van der Waals surface area contributed by atoms with Gasteiger partial charge < -0.3 is 4.90 Å². The summed E-state index contributed by atoms with van der Waals surface area (Å²) in [6, 6.07) is 7.42. The van der Waals surface area contributed by atoms with Crippen LogP contribution in [-0.4, -0.2) is 23.3 Å². The molecule has 1 atom stereocenters. The Kier molecular flexibility index (Phi) is 3.34. The van der Waals surface area contributed by atoms with Gasteiger partial charge in [0.2, 0.25) is 5.95 Å². The van der Waals surface area contributed by atoms with E-state index in [4.69, 9.17) is 0 Å². The minimum absolute atomic E-state index is 0.0121. The van der Waals surface area contributed by atoms with Crippen molar-refractivity contribution in [1.29, 1.82) is 0 Å². The Morgan fingerprint density at radius 3 is 2.87 bits per heavy atom. The number of thioether (sulfide) groups is 1. The molecular formula is C17H15F3N2S. The van der Waals surface area contributed by atoms with Crippen molar-refractivity contribution in [3.63, 3.8) is 0 Å². The van der Waals surface area contributed by atoms with Crippen LogP contribution < -0.4 is 4.90 Å². The number of pyridine rings is 1. The topological polar surface area (TPSA) is 16.1 Å². The summed E-state index contributed by atoms with van der Waals surface area (Å²) >= 11 is 1.60. The van der Waals surface area contributed by atoms with Crippen molar-refractivity contribution < 1.29 is 13.2 Å². The van der Waals surface area contributed by atoms with Crippen LogP contribution >= 0.6 is 11.8 Å². The molecule has 2 heterocycles. The Labute approximate surface area is 136 Å². The molecular weight excluding hydrogens is 321 g/mol. The van der Waals surface area contributed by atoms with Gasteiger partial charge in [-0.2, -0.15) is 4.39 Å². The largest absolute Gasteiger partial charge is 0.361 e. The summed E-state index contributed by atoms with van der Waals surface area (Å²) in [6.07, 6.45) is 1.49. The molecule has 1 aromatic carbocycles. The smallest absolute Gasteiger partial charge is 0.253 e. The van der Waals surface area contributed by atoms with E-state index in [9.17, 15) is 13.2 Å². The molecule has 2 aliphatic rings. The summed E-state index contributed by atoms with van der Waals surface area (Å²) in [4.78, 5) is 6.75. The first-order valence-corrected chi connectivity index (χ1v) is 8.45. The van der Waals surface area contributed by atoms with Crippen LogP contribution in [0.2, 0.25) is 0 Å². The molecule has 0 bridgehead atoms. The first-order valence-electron chi connectivity index (χ1n) is 7.46. The molecule has 1 unspecified atom stereocenters. The number of aromatic nitrogens is 1. The first kappa shape index (κ1) is 14.9. The van der Waals surface area contributed by atoms with Crippen LogP contribution in [0.1, 0.15) is 12.0 Å². The average Bonchev–Trinajstić information content (AvgIpc) is 2.92. The summed E-state index contributed by atoms with van der Waals surface area (Å²) in [7, 11) is 0. The van der Waals surface area contributed by atoms with Crippen molar-refractivity contribution in [2.75, 3.05) is 17.3 Å². The summed E-state index contributed by atoms with van der Waals surface area (Å²) in [5, 5.41) is 0. The molecule has 0 radical (unpaired) electrons. The monoisotopic (exact) mass is 336 g/mol. The third-order valence-corrected chi connectivity index (χ3v) is 5.44. The van der Waals surface area contributed by atoms with Crippen LogP contribution in [-0.2, 0) is 0 Å².